The van der Waals surface area contributed by atoms with E-state index in [0.29, 0.717) is 13.0 Å². The number of nitrogens with one attached hydrogen (secondary N) is 2. The molecule has 6 heteroatoms. The fourth-order valence-corrected chi connectivity index (χ4v) is 3.38. The van der Waals surface area contributed by atoms with Gasteiger partial charge in [0.25, 0.3) is 0 Å². The van der Waals surface area contributed by atoms with Crippen LogP contribution in [0.25, 0.3) is 10.9 Å². The highest BCUT2D eigenvalue weighted by Gasteiger charge is 2.23. The van der Waals surface area contributed by atoms with Crippen LogP contribution in [0.1, 0.15) is 18.1 Å². The maximum Gasteiger partial charge on any atom is 0.323 e. The molecule has 2 aromatic carbocycles. The number of carbonyl (C=O) groups is 1. The van der Waals surface area contributed by atoms with Crippen molar-refractivity contribution in [3.63, 3.8) is 0 Å². The van der Waals surface area contributed by atoms with Gasteiger partial charge in [0.15, 0.2) is 0 Å². The lowest BCUT2D eigenvalue weighted by molar-refractivity contribution is -0.147. The number of fused-ring (bicyclic) bond motifs is 1. The maximum atomic E-state index is 12.9. The number of hydrogen-bond donors (Lipinski definition) is 2. The predicted molar refractivity (Wildman–Crippen MR) is 124 cm³/mol. The van der Waals surface area contributed by atoms with E-state index in [4.69, 9.17) is 9.47 Å². The number of aromatic amines is 1. The van der Waals surface area contributed by atoms with Crippen LogP contribution in [0.15, 0.2) is 64.4 Å². The van der Waals surface area contributed by atoms with Gasteiger partial charge < -0.3 is 14.5 Å². The van der Waals surface area contributed by atoms with Crippen LogP contribution in [0.4, 0.5) is 0 Å². The largest absolute Gasteiger partial charge is 0.496 e. The topological polar surface area (TPSA) is 63.3 Å². The molecule has 1 aromatic heterocycles. The van der Waals surface area contributed by atoms with E-state index in [1.165, 1.54) is 0 Å². The van der Waals surface area contributed by atoms with E-state index in [2.05, 4.69) is 32.9 Å². The molecule has 0 unspecified atom stereocenters. The van der Waals surface area contributed by atoms with Crippen molar-refractivity contribution in [2.75, 3.05) is 13.7 Å². The third-order valence-corrected chi connectivity index (χ3v) is 5.74. The van der Waals surface area contributed by atoms with E-state index in [1.54, 1.807) is 7.11 Å². The number of carbonyl (C=O) groups excluding carboxylic acids is 1. The van der Waals surface area contributed by atoms with Crippen molar-refractivity contribution < 1.29 is 14.3 Å². The number of rotatable bonds is 9. The van der Waals surface area contributed by atoms with E-state index < -0.39 is 6.04 Å². The summed E-state index contributed by atoms with van der Waals surface area (Å²) in [5.41, 5.74) is 2.97. The summed E-state index contributed by atoms with van der Waals surface area (Å²) in [5, 5.41) is 4.34. The summed E-state index contributed by atoms with van der Waals surface area (Å²) in [7, 11) is 1.66. The van der Waals surface area contributed by atoms with Crippen LogP contribution in [-0.2, 0) is 22.6 Å². The first-order valence-electron chi connectivity index (χ1n) is 9.50. The second-order valence-electron chi connectivity index (χ2n) is 6.66. The number of H-pyrrole nitrogens is 1. The standard InChI is InChI=1S/C23H25IN2O3/c1-3-18(24)14-26-20(23(27)29-15-16-8-5-4-6-9-16)12-17-13-25-19-10-7-11-21(28-2)22(17)19/h3-11,13,20,25-26H,12,14-15H2,1-2H3/b18-3-/t20-/m1/s1. The van der Waals surface area contributed by atoms with E-state index >= 15 is 0 Å². The molecule has 0 saturated heterocycles. The number of halogens is 1. The molecule has 0 saturated carbocycles. The van der Waals surface area contributed by atoms with Crippen molar-refractivity contribution in [3.8, 4) is 5.75 Å². The SMILES string of the molecule is C/C=C(\I)CN[C@H](Cc1c[nH]c2cccc(OC)c12)C(=O)OCc1ccccc1. The van der Waals surface area contributed by atoms with E-state index in [1.807, 2.05) is 67.7 Å². The van der Waals surface area contributed by atoms with Crippen molar-refractivity contribution in [3.05, 3.63) is 75.5 Å². The summed E-state index contributed by atoms with van der Waals surface area (Å²) in [5.74, 6) is 0.525. The fourth-order valence-electron chi connectivity index (χ4n) is 3.16. The quantitative estimate of drug-likeness (QED) is 0.326. The number of benzene rings is 2. The lowest BCUT2D eigenvalue weighted by Gasteiger charge is -2.18. The molecule has 0 bridgehead atoms. The molecule has 2 N–H and O–H groups in total. The fraction of sp³-hybridized carbons (Fsp3) is 0.261. The molecule has 3 rings (SSSR count). The first-order chi connectivity index (χ1) is 14.1. The van der Waals surface area contributed by atoms with Gasteiger partial charge in [-0.1, -0.05) is 42.5 Å². The Morgan fingerprint density at radius 2 is 2.00 bits per heavy atom. The zero-order chi connectivity index (χ0) is 20.6. The predicted octanol–water partition coefficient (Wildman–Crippen LogP) is 4.76. The number of hydrogen-bond acceptors (Lipinski definition) is 4. The van der Waals surface area contributed by atoms with Crippen LogP contribution in [0.3, 0.4) is 0 Å². The Hall–Kier alpha value is -2.32. The summed E-state index contributed by atoms with van der Waals surface area (Å²) in [4.78, 5) is 16.2. The number of allylic oxidation sites excluding steroid dienone is 1. The average Bonchev–Trinajstić information content (AvgIpc) is 3.18. The molecule has 29 heavy (non-hydrogen) atoms. The highest BCUT2D eigenvalue weighted by molar-refractivity contribution is 14.1. The zero-order valence-corrected chi connectivity index (χ0v) is 18.7. The first kappa shape index (κ1) is 21.4. The molecule has 0 aliphatic rings. The van der Waals surface area contributed by atoms with Gasteiger partial charge >= 0.3 is 5.97 Å². The average molecular weight is 504 g/mol. The van der Waals surface area contributed by atoms with Crippen LogP contribution < -0.4 is 10.1 Å². The second-order valence-corrected chi connectivity index (χ2v) is 8.05. The van der Waals surface area contributed by atoms with Gasteiger partial charge in [-0.05, 0) is 52.8 Å². The van der Waals surface area contributed by atoms with E-state index in [0.717, 1.165) is 31.4 Å². The van der Waals surface area contributed by atoms with Gasteiger partial charge in [0.1, 0.15) is 18.4 Å². The number of methoxy groups -OCH3 is 1. The normalized spacial score (nSPS) is 12.7. The van der Waals surface area contributed by atoms with Gasteiger partial charge in [-0.2, -0.15) is 0 Å². The Morgan fingerprint density at radius 3 is 2.72 bits per heavy atom. The Labute approximate surface area is 184 Å². The summed E-state index contributed by atoms with van der Waals surface area (Å²) in [6.45, 7) is 2.86. The molecule has 3 aromatic rings. The van der Waals surface area contributed by atoms with Crippen molar-refractivity contribution in [2.45, 2.75) is 26.0 Å². The number of ether oxygens (including phenoxy) is 2. The Morgan fingerprint density at radius 1 is 1.21 bits per heavy atom. The smallest absolute Gasteiger partial charge is 0.323 e. The third-order valence-electron chi connectivity index (χ3n) is 4.73. The molecule has 0 aliphatic heterocycles. The minimum absolute atomic E-state index is 0.260. The van der Waals surface area contributed by atoms with Crippen molar-refractivity contribution in [1.29, 1.82) is 0 Å². The maximum absolute atomic E-state index is 12.9. The molecule has 0 radical (unpaired) electrons. The summed E-state index contributed by atoms with van der Waals surface area (Å²) < 4.78 is 12.3. The van der Waals surface area contributed by atoms with E-state index in [9.17, 15) is 4.79 Å². The van der Waals surface area contributed by atoms with Crippen molar-refractivity contribution in [1.82, 2.24) is 10.3 Å². The molecule has 152 valence electrons. The Bertz CT molecular complexity index is 982. The number of aromatic nitrogens is 1. The van der Waals surface area contributed by atoms with Crippen LogP contribution in [0.5, 0.6) is 5.75 Å². The van der Waals surface area contributed by atoms with Crippen LogP contribution in [-0.4, -0.2) is 30.6 Å². The lowest BCUT2D eigenvalue weighted by Crippen LogP contribution is -2.40. The molecule has 5 nitrogen and oxygen atoms in total. The van der Waals surface area contributed by atoms with Crippen LogP contribution >= 0.6 is 22.6 Å². The van der Waals surface area contributed by atoms with Crippen molar-refractivity contribution >= 4 is 39.5 Å². The summed E-state index contributed by atoms with van der Waals surface area (Å²) >= 11 is 2.27. The zero-order valence-electron chi connectivity index (χ0n) is 16.6. The minimum atomic E-state index is -0.465. The monoisotopic (exact) mass is 504 g/mol. The Kier molecular flexibility index (Phi) is 7.71. The van der Waals surface area contributed by atoms with Gasteiger partial charge in [-0.15, -0.1) is 0 Å². The molecular formula is C23H25IN2O3. The lowest BCUT2D eigenvalue weighted by atomic mass is 10.0. The second kappa shape index (κ2) is 10.5. The molecule has 1 heterocycles. The highest BCUT2D eigenvalue weighted by Crippen LogP contribution is 2.29. The first-order valence-corrected chi connectivity index (χ1v) is 10.6. The van der Waals surface area contributed by atoms with Gasteiger partial charge in [-0.3, -0.25) is 10.1 Å². The third kappa shape index (κ3) is 5.61. The number of esters is 1. The molecule has 0 fully saturated rings. The van der Waals surface area contributed by atoms with Gasteiger partial charge in [0.2, 0.25) is 0 Å². The summed E-state index contributed by atoms with van der Waals surface area (Å²) in [6, 6.07) is 15.1. The molecule has 0 spiro atoms. The molecule has 0 aliphatic carbocycles. The van der Waals surface area contributed by atoms with Gasteiger partial charge in [0.05, 0.1) is 7.11 Å². The summed E-state index contributed by atoms with van der Waals surface area (Å²) in [6.07, 6.45) is 4.46. The minimum Gasteiger partial charge on any atom is -0.496 e. The van der Waals surface area contributed by atoms with Crippen LogP contribution in [0.2, 0.25) is 0 Å². The molecule has 1 atom stereocenters. The molecule has 0 amide bonds. The van der Waals surface area contributed by atoms with E-state index in [-0.39, 0.29) is 12.6 Å². The van der Waals surface area contributed by atoms with Gasteiger partial charge in [0, 0.05) is 33.6 Å². The Balaban J connectivity index is 1.79. The van der Waals surface area contributed by atoms with Gasteiger partial charge in [-0.25, -0.2) is 0 Å². The van der Waals surface area contributed by atoms with Crippen LogP contribution in [0, 0.1) is 0 Å². The van der Waals surface area contributed by atoms with Crippen molar-refractivity contribution in [2.24, 2.45) is 0 Å². The highest BCUT2D eigenvalue weighted by atomic mass is 127. The molecular weight excluding hydrogens is 479 g/mol.